The van der Waals surface area contributed by atoms with E-state index in [4.69, 9.17) is 0 Å². The molecule has 0 atom stereocenters. The number of hydrogen-bond acceptors (Lipinski definition) is 3. The van der Waals surface area contributed by atoms with Crippen molar-refractivity contribution in [1.82, 2.24) is 13.9 Å². The first-order valence-electron chi connectivity index (χ1n) is 4.84. The van der Waals surface area contributed by atoms with Crippen LogP contribution in [-0.2, 0) is 16.6 Å². The zero-order chi connectivity index (χ0) is 11.5. The molecule has 0 bridgehead atoms. The van der Waals surface area contributed by atoms with Crippen LogP contribution in [0, 0.1) is 0 Å². The first-order chi connectivity index (χ1) is 6.91. The molecule has 0 saturated carbocycles. The second-order valence-electron chi connectivity index (χ2n) is 3.77. The van der Waals surface area contributed by atoms with Crippen LogP contribution in [0.25, 0.3) is 0 Å². The van der Waals surface area contributed by atoms with Crippen LogP contribution in [0.2, 0.25) is 0 Å². The molecule has 0 unspecified atom stereocenters. The van der Waals surface area contributed by atoms with Crippen LogP contribution < -0.4 is 0 Å². The van der Waals surface area contributed by atoms with E-state index < -0.39 is 10.0 Å². The van der Waals surface area contributed by atoms with Gasteiger partial charge in [0.1, 0.15) is 0 Å². The van der Waals surface area contributed by atoms with Gasteiger partial charge in [0.2, 0.25) is 10.0 Å². The lowest BCUT2D eigenvalue weighted by Gasteiger charge is -2.23. The number of aromatic nitrogens is 2. The predicted octanol–water partition coefficient (Wildman–Crippen LogP) is 0.553. The Hall–Kier alpha value is -0.880. The van der Waals surface area contributed by atoms with Crippen LogP contribution >= 0.6 is 0 Å². The van der Waals surface area contributed by atoms with E-state index >= 15 is 0 Å². The minimum atomic E-state index is -3.12. The van der Waals surface area contributed by atoms with E-state index in [0.717, 1.165) is 0 Å². The van der Waals surface area contributed by atoms with Crippen molar-refractivity contribution < 1.29 is 8.42 Å². The Bertz CT molecular complexity index is 383. The van der Waals surface area contributed by atoms with E-state index in [0.29, 0.717) is 13.1 Å². The molecule has 0 saturated heterocycles. The van der Waals surface area contributed by atoms with Gasteiger partial charge in [-0.1, -0.05) is 0 Å². The summed E-state index contributed by atoms with van der Waals surface area (Å²) in [7, 11) is -3.12. The molecule has 0 aromatic carbocycles. The van der Waals surface area contributed by atoms with Gasteiger partial charge in [-0.05, 0) is 13.8 Å². The summed E-state index contributed by atoms with van der Waals surface area (Å²) < 4.78 is 26.2. The van der Waals surface area contributed by atoms with Gasteiger partial charge in [-0.2, -0.15) is 4.31 Å². The Kier molecular flexibility index (Phi) is 3.87. The molecule has 1 aromatic heterocycles. The monoisotopic (exact) mass is 231 g/mol. The summed E-state index contributed by atoms with van der Waals surface area (Å²) >= 11 is 0. The normalized spacial score (nSPS) is 12.6. The Morgan fingerprint density at radius 3 is 2.53 bits per heavy atom. The highest BCUT2D eigenvalue weighted by molar-refractivity contribution is 7.88. The summed E-state index contributed by atoms with van der Waals surface area (Å²) in [5, 5.41) is 0. The second kappa shape index (κ2) is 4.76. The van der Waals surface area contributed by atoms with Crippen LogP contribution in [0.1, 0.15) is 13.8 Å². The van der Waals surface area contributed by atoms with Gasteiger partial charge in [0.25, 0.3) is 0 Å². The minimum absolute atomic E-state index is 0.0106. The molecule has 1 aromatic rings. The maximum absolute atomic E-state index is 11.4. The van der Waals surface area contributed by atoms with E-state index in [1.165, 1.54) is 10.6 Å². The van der Waals surface area contributed by atoms with Crippen molar-refractivity contribution in [1.29, 1.82) is 0 Å². The molecule has 1 heterocycles. The van der Waals surface area contributed by atoms with Crippen molar-refractivity contribution in [3.05, 3.63) is 18.7 Å². The summed E-state index contributed by atoms with van der Waals surface area (Å²) in [6.07, 6.45) is 6.42. The molecule has 6 heteroatoms. The van der Waals surface area contributed by atoms with Gasteiger partial charge < -0.3 is 4.57 Å². The van der Waals surface area contributed by atoms with Crippen molar-refractivity contribution >= 4 is 10.0 Å². The lowest BCUT2D eigenvalue weighted by molar-refractivity contribution is 0.342. The van der Waals surface area contributed by atoms with Gasteiger partial charge in [-0.3, -0.25) is 0 Å². The standard InChI is InChI=1S/C9H17N3O2S/c1-9(2)12(15(3,13)14)7-6-11-5-4-10-8-11/h4-5,8-9H,6-7H2,1-3H3. The quantitative estimate of drug-likeness (QED) is 0.743. The van der Waals surface area contributed by atoms with Gasteiger partial charge in [-0.15, -0.1) is 0 Å². The van der Waals surface area contributed by atoms with Crippen LogP contribution in [0.15, 0.2) is 18.7 Å². The van der Waals surface area contributed by atoms with Gasteiger partial charge in [0.15, 0.2) is 0 Å². The summed E-state index contributed by atoms with van der Waals surface area (Å²) in [5.41, 5.74) is 0. The molecular formula is C9H17N3O2S. The largest absolute Gasteiger partial charge is 0.336 e. The van der Waals surface area contributed by atoms with E-state index in [2.05, 4.69) is 4.98 Å². The number of imidazole rings is 1. The van der Waals surface area contributed by atoms with Gasteiger partial charge in [0.05, 0.1) is 12.6 Å². The fourth-order valence-electron chi connectivity index (χ4n) is 1.44. The van der Waals surface area contributed by atoms with Crippen LogP contribution in [-0.4, -0.2) is 41.1 Å². The molecule has 0 aliphatic rings. The maximum Gasteiger partial charge on any atom is 0.211 e. The molecule has 0 N–H and O–H groups in total. The average molecular weight is 231 g/mol. The molecule has 0 radical (unpaired) electrons. The summed E-state index contributed by atoms with van der Waals surface area (Å²) in [6, 6.07) is -0.0106. The molecule has 0 fully saturated rings. The molecule has 86 valence electrons. The van der Waals surface area contributed by atoms with E-state index in [1.807, 2.05) is 24.6 Å². The predicted molar refractivity (Wildman–Crippen MR) is 58.9 cm³/mol. The van der Waals surface area contributed by atoms with Gasteiger partial charge in [-0.25, -0.2) is 13.4 Å². The highest BCUT2D eigenvalue weighted by Gasteiger charge is 2.19. The third-order valence-electron chi connectivity index (χ3n) is 2.14. The molecule has 1 rings (SSSR count). The smallest absolute Gasteiger partial charge is 0.211 e. The maximum atomic E-state index is 11.4. The van der Waals surface area contributed by atoms with Crippen molar-refractivity contribution in [3.63, 3.8) is 0 Å². The number of hydrogen-bond donors (Lipinski definition) is 0. The average Bonchev–Trinajstić information content (AvgIpc) is 2.53. The van der Waals surface area contributed by atoms with Gasteiger partial charge in [0, 0.05) is 31.5 Å². The molecule has 0 aliphatic heterocycles. The summed E-state index contributed by atoms with van der Waals surface area (Å²) in [6.45, 7) is 4.85. The van der Waals surface area contributed by atoms with Crippen molar-refractivity contribution in [2.24, 2.45) is 0 Å². The molecule has 5 nitrogen and oxygen atoms in total. The molecule has 0 amide bonds. The van der Waals surface area contributed by atoms with Crippen LogP contribution in [0.4, 0.5) is 0 Å². The third kappa shape index (κ3) is 3.64. The third-order valence-corrected chi connectivity index (χ3v) is 3.60. The first kappa shape index (κ1) is 12.2. The van der Waals surface area contributed by atoms with E-state index in [1.54, 1.807) is 12.5 Å². The van der Waals surface area contributed by atoms with E-state index in [-0.39, 0.29) is 6.04 Å². The van der Waals surface area contributed by atoms with Crippen molar-refractivity contribution in [2.75, 3.05) is 12.8 Å². The highest BCUT2D eigenvalue weighted by atomic mass is 32.2. The second-order valence-corrected chi connectivity index (χ2v) is 5.70. The summed E-state index contributed by atoms with van der Waals surface area (Å²) in [5.74, 6) is 0. The molecular weight excluding hydrogens is 214 g/mol. The lowest BCUT2D eigenvalue weighted by atomic mass is 10.4. The fourth-order valence-corrected chi connectivity index (χ4v) is 2.62. The number of sulfonamides is 1. The molecule has 0 spiro atoms. The number of rotatable bonds is 5. The van der Waals surface area contributed by atoms with Crippen molar-refractivity contribution in [2.45, 2.75) is 26.4 Å². The Balaban J connectivity index is 2.61. The van der Waals surface area contributed by atoms with Crippen LogP contribution in [0.5, 0.6) is 0 Å². The fraction of sp³-hybridized carbons (Fsp3) is 0.667. The SMILES string of the molecule is CC(C)N(CCn1ccnc1)S(C)(=O)=O. The lowest BCUT2D eigenvalue weighted by Crippen LogP contribution is -2.38. The Labute approximate surface area is 90.8 Å². The first-order valence-corrected chi connectivity index (χ1v) is 6.68. The minimum Gasteiger partial charge on any atom is -0.336 e. The van der Waals surface area contributed by atoms with Crippen LogP contribution in [0.3, 0.4) is 0 Å². The Morgan fingerprint density at radius 1 is 1.47 bits per heavy atom. The highest BCUT2D eigenvalue weighted by Crippen LogP contribution is 2.05. The molecule has 15 heavy (non-hydrogen) atoms. The van der Waals surface area contributed by atoms with E-state index in [9.17, 15) is 8.42 Å². The Morgan fingerprint density at radius 2 is 2.13 bits per heavy atom. The number of nitrogens with zero attached hydrogens (tertiary/aromatic N) is 3. The molecule has 0 aliphatic carbocycles. The zero-order valence-corrected chi connectivity index (χ0v) is 10.1. The van der Waals surface area contributed by atoms with Crippen molar-refractivity contribution in [3.8, 4) is 0 Å². The zero-order valence-electron chi connectivity index (χ0n) is 9.29. The summed E-state index contributed by atoms with van der Waals surface area (Å²) in [4.78, 5) is 3.90. The van der Waals surface area contributed by atoms with Gasteiger partial charge >= 0.3 is 0 Å². The topological polar surface area (TPSA) is 55.2 Å².